The molecule has 0 saturated carbocycles. The Morgan fingerprint density at radius 3 is 2.75 bits per heavy atom. The van der Waals surface area contributed by atoms with Crippen LogP contribution in [0.4, 0.5) is 4.39 Å². The first-order valence-electron chi connectivity index (χ1n) is 6.32. The van der Waals surface area contributed by atoms with Gasteiger partial charge in [-0.25, -0.2) is 12.8 Å². The minimum Gasteiger partial charge on any atom is -0.384 e. The van der Waals surface area contributed by atoms with Crippen molar-refractivity contribution in [1.82, 2.24) is 4.90 Å². The van der Waals surface area contributed by atoms with Crippen LogP contribution in [0, 0.1) is 11.2 Å². The molecule has 1 fully saturated rings. The zero-order valence-corrected chi connectivity index (χ0v) is 12.1. The maximum absolute atomic E-state index is 13.9. The normalized spacial score (nSPS) is 21.2. The van der Waals surface area contributed by atoms with Crippen molar-refractivity contribution in [2.24, 2.45) is 5.73 Å². The van der Waals surface area contributed by atoms with Crippen LogP contribution in [0.2, 0.25) is 0 Å². The summed E-state index contributed by atoms with van der Waals surface area (Å²) >= 11 is 0. The largest absolute Gasteiger partial charge is 0.384 e. The SMILES string of the molecule is CN(Cc1ccc(C(=N)N)cc1F)C1CCS(=O)(=O)C1. The van der Waals surface area contributed by atoms with Gasteiger partial charge in [0.15, 0.2) is 9.84 Å². The predicted octanol–water partition coefficient (Wildman–Crippen LogP) is 0.729. The Hall–Kier alpha value is -1.47. The molecule has 2 rings (SSSR count). The second-order valence-corrected chi connectivity index (χ2v) is 7.42. The molecule has 1 atom stereocenters. The van der Waals surface area contributed by atoms with E-state index in [-0.39, 0.29) is 23.4 Å². The summed E-state index contributed by atoms with van der Waals surface area (Å²) in [5.41, 5.74) is 6.12. The van der Waals surface area contributed by atoms with Crippen molar-refractivity contribution in [2.75, 3.05) is 18.6 Å². The molecule has 0 radical (unpaired) electrons. The predicted molar refractivity (Wildman–Crippen MR) is 75.9 cm³/mol. The summed E-state index contributed by atoms with van der Waals surface area (Å²) in [6.45, 7) is 0.338. The van der Waals surface area contributed by atoms with Crippen molar-refractivity contribution in [3.8, 4) is 0 Å². The van der Waals surface area contributed by atoms with Gasteiger partial charge in [-0.15, -0.1) is 0 Å². The fourth-order valence-corrected chi connectivity index (χ4v) is 4.17. The Labute approximate surface area is 118 Å². The van der Waals surface area contributed by atoms with E-state index >= 15 is 0 Å². The van der Waals surface area contributed by atoms with Gasteiger partial charge in [0, 0.05) is 23.7 Å². The Balaban J connectivity index is 2.08. The van der Waals surface area contributed by atoms with E-state index in [0.717, 1.165) is 0 Å². The lowest BCUT2D eigenvalue weighted by Gasteiger charge is -2.23. The molecular formula is C13H18FN3O2S. The van der Waals surface area contributed by atoms with Crippen molar-refractivity contribution in [3.63, 3.8) is 0 Å². The van der Waals surface area contributed by atoms with Gasteiger partial charge < -0.3 is 5.73 Å². The molecule has 3 N–H and O–H groups in total. The van der Waals surface area contributed by atoms with Crippen molar-refractivity contribution >= 4 is 15.7 Å². The lowest BCUT2D eigenvalue weighted by atomic mass is 10.1. The van der Waals surface area contributed by atoms with Crippen molar-refractivity contribution in [2.45, 2.75) is 19.0 Å². The van der Waals surface area contributed by atoms with Gasteiger partial charge in [-0.3, -0.25) is 10.3 Å². The summed E-state index contributed by atoms with van der Waals surface area (Å²) in [5, 5.41) is 7.26. The third kappa shape index (κ3) is 3.34. The molecule has 7 heteroatoms. The second-order valence-electron chi connectivity index (χ2n) is 5.19. The van der Waals surface area contributed by atoms with Crippen molar-refractivity contribution in [1.29, 1.82) is 5.41 Å². The number of nitrogens with zero attached hydrogens (tertiary/aromatic N) is 1. The number of amidine groups is 1. The van der Waals surface area contributed by atoms with Crippen LogP contribution in [0.1, 0.15) is 17.5 Å². The lowest BCUT2D eigenvalue weighted by molar-refractivity contribution is 0.250. The quantitative estimate of drug-likeness (QED) is 0.634. The third-order valence-corrected chi connectivity index (χ3v) is 5.37. The second kappa shape index (κ2) is 5.49. The third-order valence-electron chi connectivity index (χ3n) is 3.62. The van der Waals surface area contributed by atoms with Crippen LogP contribution in [0.25, 0.3) is 0 Å². The molecule has 0 aliphatic carbocycles. The topological polar surface area (TPSA) is 87.2 Å². The van der Waals surface area contributed by atoms with E-state index in [1.807, 2.05) is 4.90 Å². The van der Waals surface area contributed by atoms with E-state index in [1.54, 1.807) is 19.2 Å². The first-order valence-corrected chi connectivity index (χ1v) is 8.14. The van der Waals surface area contributed by atoms with E-state index in [1.165, 1.54) is 6.07 Å². The van der Waals surface area contributed by atoms with Crippen LogP contribution in [-0.4, -0.2) is 43.7 Å². The average molecular weight is 299 g/mol. The van der Waals surface area contributed by atoms with E-state index < -0.39 is 15.7 Å². The molecule has 1 heterocycles. The number of sulfone groups is 1. The summed E-state index contributed by atoms with van der Waals surface area (Å²) in [5.74, 6) is -0.263. The Morgan fingerprint density at radius 2 is 2.25 bits per heavy atom. The van der Waals surface area contributed by atoms with E-state index in [2.05, 4.69) is 0 Å². The smallest absolute Gasteiger partial charge is 0.151 e. The van der Waals surface area contributed by atoms with Crippen LogP contribution in [0.5, 0.6) is 0 Å². The van der Waals surface area contributed by atoms with E-state index in [0.29, 0.717) is 24.1 Å². The fraction of sp³-hybridized carbons (Fsp3) is 0.462. The van der Waals surface area contributed by atoms with Crippen LogP contribution in [0.15, 0.2) is 18.2 Å². The average Bonchev–Trinajstić information content (AvgIpc) is 2.72. The van der Waals surface area contributed by atoms with Crippen LogP contribution in [-0.2, 0) is 16.4 Å². The van der Waals surface area contributed by atoms with Crippen molar-refractivity contribution < 1.29 is 12.8 Å². The molecule has 0 aromatic heterocycles. The molecule has 1 aliphatic rings. The van der Waals surface area contributed by atoms with Gasteiger partial charge in [0.2, 0.25) is 0 Å². The molecule has 20 heavy (non-hydrogen) atoms. The lowest BCUT2D eigenvalue weighted by Crippen LogP contribution is -2.32. The highest BCUT2D eigenvalue weighted by molar-refractivity contribution is 7.91. The maximum atomic E-state index is 13.9. The van der Waals surface area contributed by atoms with Crippen LogP contribution in [0.3, 0.4) is 0 Å². The number of halogens is 1. The van der Waals surface area contributed by atoms with Gasteiger partial charge in [0.05, 0.1) is 11.5 Å². The number of nitrogen functional groups attached to an aromatic ring is 1. The number of rotatable bonds is 4. The summed E-state index contributed by atoms with van der Waals surface area (Å²) in [7, 11) is -1.15. The van der Waals surface area contributed by atoms with Gasteiger partial charge in [0.25, 0.3) is 0 Å². The number of nitrogens with two attached hydrogens (primary N) is 1. The molecule has 1 aromatic rings. The highest BCUT2D eigenvalue weighted by atomic mass is 32.2. The summed E-state index contributed by atoms with van der Waals surface area (Å²) < 4.78 is 36.8. The van der Waals surface area contributed by atoms with Gasteiger partial charge in [0.1, 0.15) is 11.7 Å². The van der Waals surface area contributed by atoms with Gasteiger partial charge in [-0.1, -0.05) is 12.1 Å². The molecular weight excluding hydrogens is 281 g/mol. The Bertz CT molecular complexity index is 631. The summed E-state index contributed by atoms with van der Waals surface area (Å²) in [6.07, 6.45) is 0.589. The summed E-state index contributed by atoms with van der Waals surface area (Å²) in [6, 6.07) is 4.36. The van der Waals surface area contributed by atoms with Crippen molar-refractivity contribution in [3.05, 3.63) is 35.1 Å². The highest BCUT2D eigenvalue weighted by Gasteiger charge is 2.30. The highest BCUT2D eigenvalue weighted by Crippen LogP contribution is 2.20. The first-order chi connectivity index (χ1) is 9.28. The standard InChI is InChI=1S/C13H18FN3O2S/c1-17(11-4-5-20(18,19)8-11)7-10-3-2-9(13(15)16)6-12(10)14/h2-3,6,11H,4-5,7-8H2,1H3,(H3,15,16). The maximum Gasteiger partial charge on any atom is 0.151 e. The minimum absolute atomic E-state index is 0.0631. The number of nitrogens with one attached hydrogen (secondary N) is 1. The zero-order chi connectivity index (χ0) is 14.9. The first kappa shape index (κ1) is 14.9. The number of hydrogen-bond acceptors (Lipinski definition) is 4. The Kier molecular flexibility index (Phi) is 4.10. The monoisotopic (exact) mass is 299 g/mol. The number of benzene rings is 1. The molecule has 5 nitrogen and oxygen atoms in total. The summed E-state index contributed by atoms with van der Waals surface area (Å²) in [4.78, 5) is 1.86. The number of hydrogen-bond donors (Lipinski definition) is 2. The minimum atomic E-state index is -2.94. The molecule has 0 amide bonds. The molecule has 0 spiro atoms. The molecule has 110 valence electrons. The molecule has 1 unspecified atom stereocenters. The molecule has 1 aromatic carbocycles. The van der Waals surface area contributed by atoms with Gasteiger partial charge in [-0.05, 0) is 19.5 Å². The van der Waals surface area contributed by atoms with Gasteiger partial charge in [-0.2, -0.15) is 0 Å². The Morgan fingerprint density at radius 1 is 1.55 bits per heavy atom. The zero-order valence-electron chi connectivity index (χ0n) is 11.3. The molecule has 1 saturated heterocycles. The fourth-order valence-electron chi connectivity index (χ4n) is 2.36. The van der Waals surface area contributed by atoms with Crippen LogP contribution >= 0.6 is 0 Å². The molecule has 0 bridgehead atoms. The molecule has 1 aliphatic heterocycles. The van der Waals surface area contributed by atoms with E-state index in [4.69, 9.17) is 11.1 Å². The van der Waals surface area contributed by atoms with E-state index in [9.17, 15) is 12.8 Å². The van der Waals surface area contributed by atoms with Gasteiger partial charge >= 0.3 is 0 Å². The van der Waals surface area contributed by atoms with Crippen LogP contribution < -0.4 is 5.73 Å².